The van der Waals surface area contributed by atoms with Gasteiger partial charge in [-0.1, -0.05) is 22.0 Å². The predicted octanol–water partition coefficient (Wildman–Crippen LogP) is 6.48. The van der Waals surface area contributed by atoms with E-state index in [1.54, 1.807) is 24.3 Å². The van der Waals surface area contributed by atoms with Crippen molar-refractivity contribution in [2.45, 2.75) is 13.8 Å². The Hall–Kier alpha value is -2.95. The number of nitrogens with one attached hydrogen (secondary N) is 2. The molecule has 174 valence electrons. The average Bonchev–Trinajstić information content (AvgIpc) is 3.17. The number of aromatic hydroxyl groups is 1. The number of rotatable bonds is 4. The number of ether oxygens (including phenoxy) is 1. The fraction of sp³-hybridized carbons (Fsp3) is 0.125. The molecule has 0 spiro atoms. The van der Waals surface area contributed by atoms with E-state index in [1.165, 1.54) is 13.2 Å². The van der Waals surface area contributed by atoms with E-state index in [2.05, 4.69) is 47.5 Å². The lowest BCUT2D eigenvalue weighted by atomic mass is 10.1. The first-order valence-corrected chi connectivity index (χ1v) is 12.0. The fourth-order valence-corrected chi connectivity index (χ4v) is 5.15. The van der Waals surface area contributed by atoms with Crippen LogP contribution in [-0.4, -0.2) is 28.2 Å². The Morgan fingerprint density at radius 1 is 1.15 bits per heavy atom. The minimum atomic E-state index is -0.450. The van der Waals surface area contributed by atoms with E-state index < -0.39 is 5.91 Å². The molecule has 0 saturated heterocycles. The van der Waals surface area contributed by atoms with Gasteiger partial charge in [0, 0.05) is 16.2 Å². The smallest absolute Gasteiger partial charge is 0.261 e. The number of anilines is 1. The Bertz CT molecular complexity index is 1450. The largest absolute Gasteiger partial charge is 0.507 e. The third-order valence-electron chi connectivity index (χ3n) is 4.99. The summed E-state index contributed by atoms with van der Waals surface area (Å²) in [6.07, 6.45) is 0. The van der Waals surface area contributed by atoms with Crippen LogP contribution in [0.4, 0.5) is 5.69 Å². The highest BCUT2D eigenvalue weighted by atomic mass is 79.9. The highest BCUT2D eigenvalue weighted by Crippen LogP contribution is 2.35. The van der Waals surface area contributed by atoms with Crippen LogP contribution in [0.15, 0.2) is 55.8 Å². The van der Waals surface area contributed by atoms with Crippen LogP contribution in [0.3, 0.4) is 0 Å². The number of hydrogen-bond donors (Lipinski definition) is 3. The number of hydrogen-bond acceptors (Lipinski definition) is 6. The zero-order chi connectivity index (χ0) is 24.6. The summed E-state index contributed by atoms with van der Waals surface area (Å²) in [5, 5.41) is 16.2. The Balaban J connectivity index is 1.51. The first-order valence-electron chi connectivity index (χ1n) is 10.0. The monoisotopic (exact) mass is 603 g/mol. The molecule has 1 amide bonds. The number of fused-ring (bicyclic) bond motifs is 1. The van der Waals surface area contributed by atoms with Gasteiger partial charge in [-0.2, -0.15) is 0 Å². The average molecular weight is 605 g/mol. The highest BCUT2D eigenvalue weighted by Gasteiger charge is 2.18. The van der Waals surface area contributed by atoms with Crippen molar-refractivity contribution in [1.82, 2.24) is 10.3 Å². The van der Waals surface area contributed by atoms with E-state index in [0.29, 0.717) is 43.0 Å². The number of carbonyl (C=O) groups is 1. The molecule has 0 atom stereocenters. The van der Waals surface area contributed by atoms with E-state index in [-0.39, 0.29) is 10.9 Å². The molecule has 7 nitrogen and oxygen atoms in total. The van der Waals surface area contributed by atoms with Gasteiger partial charge in [0.05, 0.1) is 22.7 Å². The number of oxazole rings is 1. The van der Waals surface area contributed by atoms with Crippen molar-refractivity contribution < 1.29 is 19.1 Å². The van der Waals surface area contributed by atoms with Crippen molar-refractivity contribution in [3.05, 3.63) is 68.1 Å². The normalized spacial score (nSPS) is 10.9. The number of halogens is 2. The summed E-state index contributed by atoms with van der Waals surface area (Å²) in [6, 6.07) is 12.2. The zero-order valence-corrected chi connectivity index (χ0v) is 22.3. The molecular formula is C24H19Br2N3O4S. The van der Waals surface area contributed by atoms with Crippen LogP contribution in [-0.2, 0) is 0 Å². The summed E-state index contributed by atoms with van der Waals surface area (Å²) < 4.78 is 12.5. The number of nitrogens with zero attached hydrogens (tertiary/aromatic N) is 1. The molecule has 0 unspecified atom stereocenters. The van der Waals surface area contributed by atoms with Crippen molar-refractivity contribution in [3.8, 4) is 23.0 Å². The van der Waals surface area contributed by atoms with Gasteiger partial charge in [-0.15, -0.1) is 0 Å². The molecule has 0 bridgehead atoms. The minimum Gasteiger partial charge on any atom is -0.507 e. The number of benzene rings is 3. The van der Waals surface area contributed by atoms with E-state index in [1.807, 2.05) is 26.0 Å². The van der Waals surface area contributed by atoms with Crippen LogP contribution >= 0.6 is 44.1 Å². The molecule has 0 aliphatic carbocycles. The van der Waals surface area contributed by atoms with Crippen molar-refractivity contribution in [2.24, 2.45) is 0 Å². The van der Waals surface area contributed by atoms with Gasteiger partial charge in [0.25, 0.3) is 5.91 Å². The molecular weight excluding hydrogens is 586 g/mol. The van der Waals surface area contributed by atoms with Crippen molar-refractivity contribution >= 4 is 71.9 Å². The summed E-state index contributed by atoms with van der Waals surface area (Å²) in [5.41, 5.74) is 4.69. The maximum absolute atomic E-state index is 12.7. The number of aryl methyl sites for hydroxylation is 2. The van der Waals surface area contributed by atoms with Gasteiger partial charge in [-0.05, 0) is 83.5 Å². The number of thiocarbonyl (C=S) groups is 1. The number of amides is 1. The van der Waals surface area contributed by atoms with Gasteiger partial charge in [-0.25, -0.2) is 4.98 Å². The summed E-state index contributed by atoms with van der Waals surface area (Å²) in [5.74, 6) is 0.206. The predicted molar refractivity (Wildman–Crippen MR) is 143 cm³/mol. The second kappa shape index (κ2) is 9.73. The van der Waals surface area contributed by atoms with Gasteiger partial charge in [0.2, 0.25) is 5.89 Å². The minimum absolute atomic E-state index is 0.0438. The Kier molecular flexibility index (Phi) is 6.92. The second-order valence-corrected chi connectivity index (χ2v) is 9.74. The molecule has 3 N–H and O–H groups in total. The molecule has 1 aromatic heterocycles. The number of methoxy groups -OCH3 is 1. The summed E-state index contributed by atoms with van der Waals surface area (Å²) in [4.78, 5) is 17.3. The maximum Gasteiger partial charge on any atom is 0.261 e. The molecule has 4 rings (SSSR count). The van der Waals surface area contributed by atoms with Crippen LogP contribution in [0, 0.1) is 13.8 Å². The zero-order valence-electron chi connectivity index (χ0n) is 18.3. The number of phenols is 1. The van der Waals surface area contributed by atoms with Crippen LogP contribution in [0.2, 0.25) is 0 Å². The standard InChI is InChI=1S/C24H19Br2N3O4S/c1-11-6-12(2)20-18(7-11)28-23(33-20)15-5-4-14(10-19(15)30)27-24(34)29-22(31)16-8-13(25)9-17(26)21(16)32-3/h4-10,30H,1-3H3,(H2,27,29,31,34). The first-order chi connectivity index (χ1) is 16.2. The van der Waals surface area contributed by atoms with Crippen LogP contribution in [0.1, 0.15) is 21.5 Å². The molecule has 0 fully saturated rings. The van der Waals surface area contributed by atoms with Gasteiger partial charge >= 0.3 is 0 Å². The van der Waals surface area contributed by atoms with E-state index in [4.69, 9.17) is 21.4 Å². The van der Waals surface area contributed by atoms with Crippen LogP contribution in [0.25, 0.3) is 22.6 Å². The number of carbonyl (C=O) groups excluding carboxylic acids is 1. The molecule has 0 saturated carbocycles. The summed E-state index contributed by atoms with van der Waals surface area (Å²) in [6.45, 7) is 3.95. The van der Waals surface area contributed by atoms with Crippen molar-refractivity contribution in [3.63, 3.8) is 0 Å². The molecule has 34 heavy (non-hydrogen) atoms. The van der Waals surface area contributed by atoms with Gasteiger partial charge < -0.3 is 19.6 Å². The lowest BCUT2D eigenvalue weighted by molar-refractivity contribution is 0.0974. The van der Waals surface area contributed by atoms with E-state index >= 15 is 0 Å². The third kappa shape index (κ3) is 4.94. The third-order valence-corrected chi connectivity index (χ3v) is 6.24. The molecule has 4 aromatic rings. The maximum atomic E-state index is 12.7. The Labute approximate surface area is 217 Å². The summed E-state index contributed by atoms with van der Waals surface area (Å²) in [7, 11) is 1.48. The molecule has 3 aromatic carbocycles. The molecule has 0 aliphatic heterocycles. The van der Waals surface area contributed by atoms with Crippen LogP contribution < -0.4 is 15.4 Å². The highest BCUT2D eigenvalue weighted by molar-refractivity contribution is 9.11. The Morgan fingerprint density at radius 2 is 1.91 bits per heavy atom. The SMILES string of the molecule is COc1c(Br)cc(Br)cc1C(=O)NC(=S)Nc1ccc(-c2nc3cc(C)cc(C)c3o2)c(O)c1. The van der Waals surface area contributed by atoms with E-state index in [0.717, 1.165) is 16.6 Å². The van der Waals surface area contributed by atoms with Crippen LogP contribution in [0.5, 0.6) is 11.5 Å². The molecule has 0 aliphatic rings. The Morgan fingerprint density at radius 3 is 2.62 bits per heavy atom. The molecule has 10 heteroatoms. The lowest BCUT2D eigenvalue weighted by Gasteiger charge is -2.13. The number of aromatic nitrogens is 1. The van der Waals surface area contributed by atoms with Crippen molar-refractivity contribution in [2.75, 3.05) is 12.4 Å². The fourth-order valence-electron chi connectivity index (χ4n) is 3.55. The van der Waals surface area contributed by atoms with Gasteiger partial charge in [0.15, 0.2) is 10.7 Å². The lowest BCUT2D eigenvalue weighted by Crippen LogP contribution is -2.34. The molecule has 1 heterocycles. The topological polar surface area (TPSA) is 96.6 Å². The molecule has 0 radical (unpaired) electrons. The van der Waals surface area contributed by atoms with Gasteiger partial charge in [-0.3, -0.25) is 10.1 Å². The van der Waals surface area contributed by atoms with Gasteiger partial charge in [0.1, 0.15) is 17.0 Å². The number of phenolic OH excluding ortho intramolecular Hbond substituents is 1. The van der Waals surface area contributed by atoms with E-state index in [9.17, 15) is 9.90 Å². The van der Waals surface area contributed by atoms with Crippen molar-refractivity contribution in [1.29, 1.82) is 0 Å². The quantitative estimate of drug-likeness (QED) is 0.229. The second-order valence-electron chi connectivity index (χ2n) is 7.56. The first kappa shape index (κ1) is 24.2. The summed E-state index contributed by atoms with van der Waals surface area (Å²) >= 11 is 12.0.